The number of benzene rings is 1. The monoisotopic (exact) mass is 309 g/mol. The van der Waals surface area contributed by atoms with Gasteiger partial charge in [0.2, 0.25) is 5.43 Å². The number of nitrogens with one attached hydrogen (secondary N) is 2. The SMILES string of the molecule is Cc1c(NS(=O)(=O)c2c[nH]ccc2=O)cccc1[N+](=O)[O-]. The second-order valence-corrected chi connectivity index (χ2v) is 5.84. The largest absolute Gasteiger partial charge is 0.366 e. The summed E-state index contributed by atoms with van der Waals surface area (Å²) in [5.74, 6) is 0. The highest BCUT2D eigenvalue weighted by molar-refractivity contribution is 7.92. The number of aromatic nitrogens is 1. The Labute approximate surface area is 119 Å². The molecule has 1 aromatic heterocycles. The van der Waals surface area contributed by atoms with Crippen molar-refractivity contribution < 1.29 is 13.3 Å². The molecule has 9 heteroatoms. The quantitative estimate of drug-likeness (QED) is 0.652. The van der Waals surface area contributed by atoms with Crippen LogP contribution in [-0.4, -0.2) is 18.3 Å². The van der Waals surface area contributed by atoms with Crippen LogP contribution in [0.2, 0.25) is 0 Å². The van der Waals surface area contributed by atoms with Gasteiger partial charge in [-0.25, -0.2) is 8.42 Å². The zero-order valence-electron chi connectivity index (χ0n) is 10.9. The van der Waals surface area contributed by atoms with E-state index in [0.717, 1.165) is 12.3 Å². The second kappa shape index (κ2) is 5.37. The minimum Gasteiger partial charge on any atom is -0.366 e. The van der Waals surface area contributed by atoms with Crippen molar-refractivity contribution in [1.29, 1.82) is 0 Å². The number of hydrogen-bond acceptors (Lipinski definition) is 5. The van der Waals surface area contributed by atoms with Crippen LogP contribution in [0.5, 0.6) is 0 Å². The average molecular weight is 309 g/mol. The van der Waals surface area contributed by atoms with E-state index in [1.165, 1.54) is 31.3 Å². The lowest BCUT2D eigenvalue weighted by molar-refractivity contribution is -0.385. The minimum absolute atomic E-state index is 0.0486. The highest BCUT2D eigenvalue weighted by Crippen LogP contribution is 2.26. The normalized spacial score (nSPS) is 11.1. The molecule has 0 spiro atoms. The number of hydrogen-bond donors (Lipinski definition) is 2. The lowest BCUT2D eigenvalue weighted by Gasteiger charge is -2.10. The van der Waals surface area contributed by atoms with E-state index in [-0.39, 0.29) is 16.9 Å². The van der Waals surface area contributed by atoms with Gasteiger partial charge in [-0.3, -0.25) is 19.6 Å². The van der Waals surface area contributed by atoms with E-state index in [1.807, 2.05) is 0 Å². The zero-order valence-corrected chi connectivity index (χ0v) is 11.7. The Morgan fingerprint density at radius 3 is 2.62 bits per heavy atom. The molecule has 0 saturated carbocycles. The molecular weight excluding hydrogens is 298 g/mol. The molecule has 0 aliphatic carbocycles. The molecule has 1 aromatic carbocycles. The Morgan fingerprint density at radius 2 is 2.00 bits per heavy atom. The van der Waals surface area contributed by atoms with Crippen molar-refractivity contribution in [2.75, 3.05) is 4.72 Å². The summed E-state index contributed by atoms with van der Waals surface area (Å²) in [6.45, 7) is 1.42. The van der Waals surface area contributed by atoms with Gasteiger partial charge >= 0.3 is 0 Å². The predicted octanol–water partition coefficient (Wildman–Crippen LogP) is 1.39. The summed E-state index contributed by atoms with van der Waals surface area (Å²) >= 11 is 0. The molecule has 0 atom stereocenters. The van der Waals surface area contributed by atoms with Crippen LogP contribution in [-0.2, 0) is 10.0 Å². The van der Waals surface area contributed by atoms with Crippen molar-refractivity contribution >= 4 is 21.4 Å². The maximum atomic E-state index is 12.2. The van der Waals surface area contributed by atoms with Gasteiger partial charge in [0.25, 0.3) is 15.7 Å². The van der Waals surface area contributed by atoms with Crippen molar-refractivity contribution in [2.45, 2.75) is 11.8 Å². The van der Waals surface area contributed by atoms with Crippen molar-refractivity contribution in [3.8, 4) is 0 Å². The first-order chi connectivity index (χ1) is 9.83. The molecule has 0 unspecified atom stereocenters. The molecule has 0 saturated heterocycles. The van der Waals surface area contributed by atoms with Crippen LogP contribution in [0.1, 0.15) is 5.56 Å². The molecule has 2 rings (SSSR count). The predicted molar refractivity (Wildman–Crippen MR) is 75.7 cm³/mol. The Balaban J connectivity index is 2.48. The average Bonchev–Trinajstić information content (AvgIpc) is 2.41. The second-order valence-electron chi connectivity index (χ2n) is 4.19. The fraction of sp³-hybridized carbons (Fsp3) is 0.0833. The Bertz CT molecular complexity index is 857. The zero-order chi connectivity index (χ0) is 15.6. The van der Waals surface area contributed by atoms with Crippen LogP contribution in [0.25, 0.3) is 0 Å². The smallest absolute Gasteiger partial charge is 0.274 e. The summed E-state index contributed by atoms with van der Waals surface area (Å²) in [7, 11) is -4.13. The number of sulfonamides is 1. The maximum absolute atomic E-state index is 12.2. The summed E-state index contributed by atoms with van der Waals surface area (Å²) in [5, 5.41) is 10.8. The van der Waals surface area contributed by atoms with Crippen LogP contribution >= 0.6 is 0 Å². The third-order valence-electron chi connectivity index (χ3n) is 2.82. The third-order valence-corrected chi connectivity index (χ3v) is 4.21. The first-order valence-electron chi connectivity index (χ1n) is 5.77. The standard InChI is InChI=1S/C12H11N3O5S/c1-8-9(3-2-4-10(8)15(17)18)14-21(19,20)12-7-13-6-5-11(12)16/h2-7,14H,1H3,(H,13,16). The van der Waals surface area contributed by atoms with Gasteiger partial charge in [-0.15, -0.1) is 0 Å². The van der Waals surface area contributed by atoms with E-state index in [4.69, 9.17) is 0 Å². The van der Waals surface area contributed by atoms with Crippen molar-refractivity contribution in [3.05, 3.63) is 62.6 Å². The molecule has 0 amide bonds. The Morgan fingerprint density at radius 1 is 1.29 bits per heavy atom. The topological polar surface area (TPSA) is 122 Å². The van der Waals surface area contributed by atoms with Crippen molar-refractivity contribution in [1.82, 2.24) is 4.98 Å². The molecule has 21 heavy (non-hydrogen) atoms. The van der Waals surface area contributed by atoms with E-state index in [0.29, 0.717) is 0 Å². The molecular formula is C12H11N3O5S. The van der Waals surface area contributed by atoms with Gasteiger partial charge in [0.15, 0.2) is 4.90 Å². The molecule has 0 fully saturated rings. The number of aromatic amines is 1. The molecule has 0 radical (unpaired) electrons. The van der Waals surface area contributed by atoms with Crippen LogP contribution in [0, 0.1) is 17.0 Å². The minimum atomic E-state index is -4.13. The molecule has 8 nitrogen and oxygen atoms in total. The van der Waals surface area contributed by atoms with E-state index < -0.39 is 25.3 Å². The molecule has 1 heterocycles. The van der Waals surface area contributed by atoms with Gasteiger partial charge in [-0.2, -0.15) is 0 Å². The van der Waals surface area contributed by atoms with E-state index >= 15 is 0 Å². The molecule has 110 valence electrons. The first kappa shape index (κ1) is 14.7. The van der Waals surface area contributed by atoms with Crippen LogP contribution in [0.4, 0.5) is 11.4 Å². The molecule has 2 N–H and O–H groups in total. The molecule has 0 aliphatic heterocycles. The van der Waals surface area contributed by atoms with Gasteiger partial charge in [0.1, 0.15) is 0 Å². The first-order valence-corrected chi connectivity index (χ1v) is 7.25. The fourth-order valence-corrected chi connectivity index (χ4v) is 2.92. The summed E-state index contributed by atoms with van der Waals surface area (Å²) in [5.41, 5.74) is -0.674. The number of pyridine rings is 1. The van der Waals surface area contributed by atoms with Crippen molar-refractivity contribution in [2.24, 2.45) is 0 Å². The van der Waals surface area contributed by atoms with Crippen LogP contribution < -0.4 is 10.2 Å². The lowest BCUT2D eigenvalue weighted by Crippen LogP contribution is -2.21. The summed E-state index contributed by atoms with van der Waals surface area (Å²) in [6.07, 6.45) is 2.36. The van der Waals surface area contributed by atoms with Crippen molar-refractivity contribution in [3.63, 3.8) is 0 Å². The molecule has 0 aliphatic rings. The van der Waals surface area contributed by atoms with Gasteiger partial charge in [-0.05, 0) is 13.0 Å². The Hall–Kier alpha value is -2.68. The summed E-state index contributed by atoms with van der Waals surface area (Å²) in [6, 6.07) is 5.09. The number of nitro groups is 1. The Kier molecular flexibility index (Phi) is 3.76. The van der Waals surface area contributed by atoms with Gasteiger partial charge < -0.3 is 4.98 Å². The van der Waals surface area contributed by atoms with Crippen LogP contribution in [0.15, 0.2) is 46.3 Å². The van der Waals surface area contributed by atoms with Gasteiger partial charge in [0, 0.05) is 24.5 Å². The van der Waals surface area contributed by atoms with Gasteiger partial charge in [-0.1, -0.05) is 6.07 Å². The highest BCUT2D eigenvalue weighted by Gasteiger charge is 2.21. The summed E-state index contributed by atoms with van der Waals surface area (Å²) in [4.78, 5) is 23.8. The van der Waals surface area contributed by atoms with Gasteiger partial charge in [0.05, 0.1) is 16.2 Å². The number of anilines is 1. The number of rotatable bonds is 4. The number of nitro benzene ring substituents is 1. The molecule has 2 aromatic rings. The molecule has 0 bridgehead atoms. The maximum Gasteiger partial charge on any atom is 0.274 e. The number of nitrogens with zero attached hydrogens (tertiary/aromatic N) is 1. The van der Waals surface area contributed by atoms with E-state index in [2.05, 4.69) is 9.71 Å². The van der Waals surface area contributed by atoms with E-state index in [1.54, 1.807) is 0 Å². The summed E-state index contributed by atoms with van der Waals surface area (Å²) < 4.78 is 26.5. The fourth-order valence-electron chi connectivity index (χ4n) is 1.74. The van der Waals surface area contributed by atoms with E-state index in [9.17, 15) is 23.3 Å². The third kappa shape index (κ3) is 2.92. The van der Waals surface area contributed by atoms with Crippen LogP contribution in [0.3, 0.4) is 0 Å². The highest BCUT2D eigenvalue weighted by atomic mass is 32.2. The number of H-pyrrole nitrogens is 1. The lowest BCUT2D eigenvalue weighted by atomic mass is 10.2.